The molecule has 1 aliphatic heterocycles. The number of aliphatic hydroxyl groups is 1. The van der Waals surface area contributed by atoms with Gasteiger partial charge in [-0.25, -0.2) is 9.78 Å². The number of aromatic hydroxyl groups is 1. The number of urea groups is 1. The normalized spacial score (nSPS) is 17.0. The number of hydrogen-bond donors (Lipinski definition) is 3. The second-order valence-electron chi connectivity index (χ2n) is 7.20. The van der Waals surface area contributed by atoms with Gasteiger partial charge in [0.2, 0.25) is 5.60 Å². The summed E-state index contributed by atoms with van der Waals surface area (Å²) in [5, 5.41) is 22.3. The van der Waals surface area contributed by atoms with Crippen LogP contribution in [-0.4, -0.2) is 69.6 Å². The zero-order valence-corrected chi connectivity index (χ0v) is 16.4. The minimum Gasteiger partial charge on any atom is -0.508 e. The van der Waals surface area contributed by atoms with Crippen LogP contribution in [0, 0.1) is 0 Å². The number of imidazole rings is 1. The maximum atomic E-state index is 13.5. The van der Waals surface area contributed by atoms with Gasteiger partial charge < -0.3 is 29.9 Å². The molecule has 1 aromatic carbocycles. The summed E-state index contributed by atoms with van der Waals surface area (Å²) in [6, 6.07) is 6.29. The number of nitrogens with one attached hydrogen (secondary N) is 1. The number of phenolic OH excluding ortho intramolecular Hbond substituents is 1. The third-order valence-electron chi connectivity index (χ3n) is 5.18. The number of piperazine rings is 1. The first-order chi connectivity index (χ1) is 14.1. The Morgan fingerprint density at radius 2 is 1.93 bits per heavy atom. The van der Waals surface area contributed by atoms with Gasteiger partial charge in [0.05, 0.1) is 0 Å². The standard InChI is InChI=1S/C19H24F3N5O3/c1-25-8-7-23-16(25)18(30,19(20,21)22)5-6-24-17(29)27-11-9-26(10-12-27)14-3-2-4-15(28)13-14/h2-4,7-8,13,28,30H,5-6,9-12H2,1H3,(H,24,29). The number of carbonyl (C=O) groups is 1. The van der Waals surface area contributed by atoms with Gasteiger partial charge >= 0.3 is 12.2 Å². The molecule has 3 N–H and O–H groups in total. The molecule has 8 nitrogen and oxygen atoms in total. The Hall–Kier alpha value is -2.95. The van der Waals surface area contributed by atoms with Crippen LogP contribution >= 0.6 is 0 Å². The first-order valence-electron chi connectivity index (χ1n) is 9.45. The van der Waals surface area contributed by atoms with Crippen molar-refractivity contribution in [2.75, 3.05) is 37.6 Å². The van der Waals surface area contributed by atoms with Crippen molar-refractivity contribution in [3.8, 4) is 5.75 Å². The molecule has 1 aromatic heterocycles. The zero-order chi connectivity index (χ0) is 21.9. The molecule has 0 spiro atoms. The predicted octanol–water partition coefficient (Wildman–Crippen LogP) is 1.80. The van der Waals surface area contributed by atoms with E-state index in [1.807, 2.05) is 11.0 Å². The lowest BCUT2D eigenvalue weighted by Gasteiger charge is -2.36. The fraction of sp³-hybridized carbons (Fsp3) is 0.474. The molecule has 2 aromatic rings. The second-order valence-corrected chi connectivity index (χ2v) is 7.20. The van der Waals surface area contributed by atoms with E-state index in [1.54, 1.807) is 18.2 Å². The number of phenols is 1. The van der Waals surface area contributed by atoms with Crippen molar-refractivity contribution in [1.82, 2.24) is 19.8 Å². The number of carbonyl (C=O) groups excluding carboxylic acids is 1. The topological polar surface area (TPSA) is 93.9 Å². The number of anilines is 1. The largest absolute Gasteiger partial charge is 0.508 e. The highest BCUT2D eigenvalue weighted by atomic mass is 19.4. The quantitative estimate of drug-likeness (QED) is 0.677. The monoisotopic (exact) mass is 427 g/mol. The Morgan fingerprint density at radius 3 is 2.50 bits per heavy atom. The molecule has 0 aliphatic carbocycles. The van der Waals surface area contributed by atoms with Crippen LogP contribution in [0.2, 0.25) is 0 Å². The van der Waals surface area contributed by atoms with E-state index in [4.69, 9.17) is 0 Å². The Balaban J connectivity index is 1.54. The molecule has 1 aliphatic rings. The SMILES string of the molecule is Cn1ccnc1C(O)(CCNC(=O)N1CCN(c2cccc(O)c2)CC1)C(F)(F)F. The van der Waals surface area contributed by atoms with Crippen LogP contribution in [0.25, 0.3) is 0 Å². The smallest absolute Gasteiger partial charge is 0.424 e. The van der Waals surface area contributed by atoms with Crippen LogP contribution in [0.1, 0.15) is 12.2 Å². The molecule has 11 heteroatoms. The van der Waals surface area contributed by atoms with Gasteiger partial charge in [-0.1, -0.05) is 6.07 Å². The number of aryl methyl sites for hydroxylation is 1. The van der Waals surface area contributed by atoms with Gasteiger partial charge in [-0.15, -0.1) is 0 Å². The number of benzene rings is 1. The van der Waals surface area contributed by atoms with Gasteiger partial charge in [0.15, 0.2) is 0 Å². The summed E-state index contributed by atoms with van der Waals surface area (Å²) in [4.78, 5) is 19.5. The number of nitrogens with zero attached hydrogens (tertiary/aromatic N) is 4. The van der Waals surface area contributed by atoms with Gasteiger partial charge in [0, 0.05) is 70.3 Å². The van der Waals surface area contributed by atoms with Crippen LogP contribution in [0.4, 0.5) is 23.7 Å². The number of alkyl halides is 3. The summed E-state index contributed by atoms with van der Waals surface area (Å²) < 4.78 is 41.6. The number of rotatable bonds is 5. The first kappa shape index (κ1) is 21.8. The van der Waals surface area contributed by atoms with E-state index in [0.717, 1.165) is 10.3 Å². The van der Waals surface area contributed by atoms with Crippen molar-refractivity contribution in [3.63, 3.8) is 0 Å². The fourth-order valence-electron chi connectivity index (χ4n) is 3.46. The van der Waals surface area contributed by atoms with E-state index in [0.29, 0.717) is 26.2 Å². The van der Waals surface area contributed by atoms with E-state index >= 15 is 0 Å². The fourth-order valence-corrected chi connectivity index (χ4v) is 3.46. The Morgan fingerprint density at radius 1 is 1.23 bits per heavy atom. The Kier molecular flexibility index (Phi) is 6.11. The summed E-state index contributed by atoms with van der Waals surface area (Å²) in [6.07, 6.45) is -3.20. The molecular formula is C19H24F3N5O3. The molecule has 1 unspecified atom stereocenters. The molecule has 1 saturated heterocycles. The van der Waals surface area contributed by atoms with Crippen molar-refractivity contribution >= 4 is 11.7 Å². The van der Waals surface area contributed by atoms with Gasteiger partial charge in [-0.2, -0.15) is 13.2 Å². The summed E-state index contributed by atoms with van der Waals surface area (Å²) in [6.45, 7) is 1.44. The lowest BCUT2D eigenvalue weighted by molar-refractivity contribution is -0.272. The first-order valence-corrected chi connectivity index (χ1v) is 9.45. The number of halogens is 3. The molecule has 2 amide bonds. The Bertz CT molecular complexity index is 880. The van der Waals surface area contributed by atoms with Crippen molar-refractivity contribution in [1.29, 1.82) is 0 Å². The Labute approximate surface area is 171 Å². The third kappa shape index (κ3) is 4.45. The van der Waals surface area contributed by atoms with Crippen LogP contribution in [-0.2, 0) is 12.6 Å². The molecule has 0 radical (unpaired) electrons. The van der Waals surface area contributed by atoms with Gasteiger partial charge in [-0.3, -0.25) is 0 Å². The van der Waals surface area contributed by atoms with E-state index < -0.39 is 30.1 Å². The maximum absolute atomic E-state index is 13.5. The van der Waals surface area contributed by atoms with E-state index in [1.165, 1.54) is 24.3 Å². The highest BCUT2D eigenvalue weighted by Gasteiger charge is 2.57. The number of aromatic nitrogens is 2. The molecule has 164 valence electrons. The van der Waals surface area contributed by atoms with Crippen LogP contribution < -0.4 is 10.2 Å². The van der Waals surface area contributed by atoms with Gasteiger partial charge in [0.25, 0.3) is 0 Å². The van der Waals surface area contributed by atoms with Crippen molar-refractivity contribution in [2.24, 2.45) is 7.05 Å². The van der Waals surface area contributed by atoms with Crippen molar-refractivity contribution in [2.45, 2.75) is 18.2 Å². The lowest BCUT2D eigenvalue weighted by atomic mass is 9.97. The molecular weight excluding hydrogens is 403 g/mol. The molecule has 30 heavy (non-hydrogen) atoms. The van der Waals surface area contributed by atoms with Crippen LogP contribution in [0.3, 0.4) is 0 Å². The van der Waals surface area contributed by atoms with E-state index in [9.17, 15) is 28.2 Å². The van der Waals surface area contributed by atoms with Gasteiger partial charge in [0.1, 0.15) is 11.6 Å². The molecule has 0 bridgehead atoms. The lowest BCUT2D eigenvalue weighted by Crippen LogP contribution is -2.53. The maximum Gasteiger partial charge on any atom is 0.424 e. The van der Waals surface area contributed by atoms with E-state index in [2.05, 4.69) is 10.3 Å². The molecule has 1 fully saturated rings. The predicted molar refractivity (Wildman–Crippen MR) is 103 cm³/mol. The molecule has 3 rings (SSSR count). The molecule has 1 atom stereocenters. The minimum atomic E-state index is -4.94. The average molecular weight is 427 g/mol. The molecule has 0 saturated carbocycles. The molecule has 2 heterocycles. The minimum absolute atomic E-state index is 0.150. The summed E-state index contributed by atoms with van der Waals surface area (Å²) >= 11 is 0. The van der Waals surface area contributed by atoms with Crippen molar-refractivity contribution < 1.29 is 28.2 Å². The summed E-state index contributed by atoms with van der Waals surface area (Å²) in [5.41, 5.74) is -2.33. The van der Waals surface area contributed by atoms with Crippen LogP contribution in [0.5, 0.6) is 5.75 Å². The zero-order valence-electron chi connectivity index (χ0n) is 16.4. The van der Waals surface area contributed by atoms with E-state index in [-0.39, 0.29) is 12.3 Å². The van der Waals surface area contributed by atoms with Crippen molar-refractivity contribution in [3.05, 3.63) is 42.5 Å². The second kappa shape index (κ2) is 8.42. The average Bonchev–Trinajstić information content (AvgIpc) is 3.13. The van der Waals surface area contributed by atoms with Gasteiger partial charge in [-0.05, 0) is 12.1 Å². The highest BCUT2D eigenvalue weighted by molar-refractivity contribution is 5.74. The number of hydrogen-bond acceptors (Lipinski definition) is 5. The summed E-state index contributed by atoms with van der Waals surface area (Å²) in [7, 11) is 1.36. The number of amides is 2. The van der Waals surface area contributed by atoms with Crippen LogP contribution in [0.15, 0.2) is 36.7 Å². The highest BCUT2D eigenvalue weighted by Crippen LogP contribution is 2.40. The summed E-state index contributed by atoms with van der Waals surface area (Å²) in [5.74, 6) is -0.374. The third-order valence-corrected chi connectivity index (χ3v) is 5.18.